The topological polar surface area (TPSA) is 160 Å². The molecule has 1 aliphatic rings. The molecule has 3 rings (SSSR count). The number of allylic oxidation sites excluding steroid dienone is 2. The Hall–Kier alpha value is -4.31. The van der Waals surface area contributed by atoms with Crippen LogP contribution in [0.15, 0.2) is 66.0 Å². The Kier molecular flexibility index (Phi) is 14.3. The SMILES string of the molecule is CC(/C=C/c1ccccc1OCc1ccc(NC=O)cc1)=C(N)N.CC(CCCCN(C)C)NC(=O)C1(C(=O)O)CCC1. The second-order valence-electron chi connectivity index (χ2n) is 11.2. The molecule has 0 heterocycles. The molecular weight excluding hydrogens is 546 g/mol. The van der Waals surface area contributed by atoms with Gasteiger partial charge in [-0.25, -0.2) is 0 Å². The second-order valence-corrected chi connectivity index (χ2v) is 11.2. The number of ether oxygens (including phenoxy) is 1. The van der Waals surface area contributed by atoms with Crippen molar-refractivity contribution in [3.8, 4) is 5.75 Å². The van der Waals surface area contributed by atoms with Gasteiger partial charge >= 0.3 is 5.97 Å². The van der Waals surface area contributed by atoms with Crippen molar-refractivity contribution in [2.75, 3.05) is 26.0 Å². The number of carboxylic acid groups (broad SMARTS) is 1. The van der Waals surface area contributed by atoms with Gasteiger partial charge in [-0.3, -0.25) is 14.4 Å². The number of hydrogen-bond donors (Lipinski definition) is 5. The van der Waals surface area contributed by atoms with E-state index in [0.717, 1.165) is 60.4 Å². The lowest BCUT2D eigenvalue weighted by molar-refractivity contribution is -0.162. The van der Waals surface area contributed by atoms with Crippen LogP contribution in [0.2, 0.25) is 0 Å². The fraction of sp³-hybridized carbons (Fsp3) is 0.424. The van der Waals surface area contributed by atoms with E-state index >= 15 is 0 Å². The first kappa shape index (κ1) is 34.9. The van der Waals surface area contributed by atoms with Gasteiger partial charge in [0, 0.05) is 17.3 Å². The van der Waals surface area contributed by atoms with E-state index in [1.807, 2.05) is 88.6 Å². The van der Waals surface area contributed by atoms with Crippen LogP contribution in [0.1, 0.15) is 63.5 Å². The highest BCUT2D eigenvalue weighted by molar-refractivity contribution is 6.02. The van der Waals surface area contributed by atoms with Gasteiger partial charge in [0.15, 0.2) is 0 Å². The van der Waals surface area contributed by atoms with Crippen molar-refractivity contribution in [3.05, 3.63) is 77.1 Å². The number of aliphatic carboxylic acids is 1. The number of rotatable bonds is 15. The van der Waals surface area contributed by atoms with Gasteiger partial charge in [-0.2, -0.15) is 0 Å². The van der Waals surface area contributed by atoms with Crippen LogP contribution in [-0.4, -0.2) is 55.0 Å². The lowest BCUT2D eigenvalue weighted by Gasteiger charge is -2.36. The minimum Gasteiger partial charge on any atom is -0.488 e. The van der Waals surface area contributed by atoms with E-state index in [1.54, 1.807) is 0 Å². The summed E-state index contributed by atoms with van der Waals surface area (Å²) in [6.07, 6.45) is 9.24. The maximum Gasteiger partial charge on any atom is 0.319 e. The van der Waals surface area contributed by atoms with Crippen LogP contribution in [0.25, 0.3) is 6.08 Å². The van der Waals surface area contributed by atoms with Crippen molar-refractivity contribution in [1.82, 2.24) is 10.2 Å². The molecule has 1 atom stereocenters. The smallest absolute Gasteiger partial charge is 0.319 e. The molecule has 0 saturated heterocycles. The van der Waals surface area contributed by atoms with Crippen molar-refractivity contribution in [3.63, 3.8) is 0 Å². The largest absolute Gasteiger partial charge is 0.488 e. The van der Waals surface area contributed by atoms with Crippen LogP contribution in [-0.2, 0) is 21.0 Å². The summed E-state index contributed by atoms with van der Waals surface area (Å²) in [7, 11) is 4.08. The van der Waals surface area contributed by atoms with Gasteiger partial charge in [0.1, 0.15) is 17.8 Å². The summed E-state index contributed by atoms with van der Waals surface area (Å²) >= 11 is 0. The molecule has 10 heteroatoms. The summed E-state index contributed by atoms with van der Waals surface area (Å²) in [6, 6.07) is 15.3. The summed E-state index contributed by atoms with van der Waals surface area (Å²) < 4.78 is 5.90. The molecule has 2 aromatic carbocycles. The lowest BCUT2D eigenvalue weighted by atomic mass is 9.68. The highest BCUT2D eigenvalue weighted by atomic mass is 16.5. The Bertz CT molecular complexity index is 1250. The monoisotopic (exact) mass is 593 g/mol. The second kappa shape index (κ2) is 17.6. The molecule has 0 spiro atoms. The first-order valence-corrected chi connectivity index (χ1v) is 14.6. The minimum atomic E-state index is -1.14. The number of para-hydroxylation sites is 1. The first-order valence-electron chi connectivity index (χ1n) is 14.6. The highest BCUT2D eigenvalue weighted by Gasteiger charge is 2.51. The molecule has 1 aliphatic carbocycles. The van der Waals surface area contributed by atoms with Crippen molar-refractivity contribution in [2.24, 2.45) is 16.9 Å². The average molecular weight is 594 g/mol. The van der Waals surface area contributed by atoms with E-state index in [9.17, 15) is 19.5 Å². The molecular formula is C33H47N5O5. The zero-order chi connectivity index (χ0) is 31.8. The molecule has 1 unspecified atom stereocenters. The zero-order valence-corrected chi connectivity index (χ0v) is 25.8. The number of carboxylic acids is 1. The molecule has 2 aromatic rings. The summed E-state index contributed by atoms with van der Waals surface area (Å²) in [4.78, 5) is 35.8. The van der Waals surface area contributed by atoms with Crippen molar-refractivity contribution < 1.29 is 24.2 Å². The molecule has 0 bridgehead atoms. The number of amides is 2. The first-order chi connectivity index (χ1) is 20.5. The van der Waals surface area contributed by atoms with Gasteiger partial charge in [-0.1, -0.05) is 55.3 Å². The summed E-state index contributed by atoms with van der Waals surface area (Å²) in [5.74, 6) is -0.205. The number of nitrogens with one attached hydrogen (secondary N) is 2. The van der Waals surface area contributed by atoms with Gasteiger partial charge in [0.25, 0.3) is 0 Å². The third-order valence-corrected chi connectivity index (χ3v) is 7.38. The Morgan fingerprint density at radius 3 is 2.33 bits per heavy atom. The van der Waals surface area contributed by atoms with Crippen molar-refractivity contribution in [1.29, 1.82) is 0 Å². The minimum absolute atomic E-state index is 0.0477. The number of nitrogens with zero attached hydrogens (tertiary/aromatic N) is 1. The zero-order valence-electron chi connectivity index (χ0n) is 25.8. The van der Waals surface area contributed by atoms with E-state index in [2.05, 4.69) is 15.5 Å². The summed E-state index contributed by atoms with van der Waals surface area (Å²) in [5, 5.41) is 14.6. The van der Waals surface area contributed by atoms with Gasteiger partial charge in [-0.05, 0) is 89.5 Å². The third-order valence-electron chi connectivity index (χ3n) is 7.38. The van der Waals surface area contributed by atoms with E-state index in [0.29, 0.717) is 31.7 Å². The van der Waals surface area contributed by atoms with Crippen LogP contribution in [0.5, 0.6) is 5.75 Å². The molecule has 0 aliphatic heterocycles. The molecule has 43 heavy (non-hydrogen) atoms. The fourth-order valence-corrected chi connectivity index (χ4v) is 4.37. The number of carbonyl (C=O) groups excluding carboxylic acids is 2. The standard InChI is InChI=1S/C19H21N3O2.C14H26N2O3/c1-14(19(20)21)6-9-16-4-2-3-5-18(16)24-12-15-7-10-17(11-8-15)22-13-23;1-11(7-4-5-10-16(2)3)15-12(17)14(13(18)19)8-6-9-14/h2-11,13H,12,20-21H2,1H3,(H,22,23);11H,4-10H2,1-3H3,(H,15,17)(H,18,19)/b9-6+;. The predicted octanol–water partition coefficient (Wildman–Crippen LogP) is 4.47. The van der Waals surface area contributed by atoms with E-state index < -0.39 is 11.4 Å². The summed E-state index contributed by atoms with van der Waals surface area (Å²) in [6.45, 7) is 5.27. The van der Waals surface area contributed by atoms with Crippen molar-refractivity contribution in [2.45, 2.75) is 65.0 Å². The number of hydrogen-bond acceptors (Lipinski definition) is 7. The Balaban J connectivity index is 0.000000309. The number of benzene rings is 2. The van der Waals surface area contributed by atoms with Gasteiger partial charge in [-0.15, -0.1) is 0 Å². The number of nitrogens with two attached hydrogens (primary N) is 2. The predicted molar refractivity (Wildman–Crippen MR) is 171 cm³/mol. The highest BCUT2D eigenvalue weighted by Crippen LogP contribution is 2.41. The van der Waals surface area contributed by atoms with E-state index in [4.69, 9.17) is 16.2 Å². The number of unbranched alkanes of at least 4 members (excludes halogenated alkanes) is 1. The Labute approximate surface area is 255 Å². The molecule has 10 nitrogen and oxygen atoms in total. The number of anilines is 1. The maximum atomic E-state index is 12.0. The fourth-order valence-electron chi connectivity index (χ4n) is 4.37. The van der Waals surface area contributed by atoms with Crippen LogP contribution in [0.3, 0.4) is 0 Å². The van der Waals surface area contributed by atoms with Gasteiger partial charge in [0.05, 0.1) is 5.82 Å². The third kappa shape index (κ3) is 11.5. The molecule has 0 radical (unpaired) electrons. The quantitative estimate of drug-likeness (QED) is 0.0875. The van der Waals surface area contributed by atoms with Crippen LogP contribution < -0.4 is 26.8 Å². The average Bonchev–Trinajstić information content (AvgIpc) is 2.93. The van der Waals surface area contributed by atoms with Gasteiger partial charge in [0.2, 0.25) is 12.3 Å². The molecule has 234 valence electrons. The van der Waals surface area contributed by atoms with E-state index in [1.165, 1.54) is 0 Å². The number of carbonyl (C=O) groups is 3. The van der Waals surface area contributed by atoms with Crippen LogP contribution in [0, 0.1) is 5.41 Å². The van der Waals surface area contributed by atoms with Gasteiger partial charge < -0.3 is 36.8 Å². The lowest BCUT2D eigenvalue weighted by Crippen LogP contribution is -2.53. The normalized spacial score (nSPS) is 14.1. The Morgan fingerprint density at radius 2 is 1.77 bits per heavy atom. The van der Waals surface area contributed by atoms with Crippen molar-refractivity contribution >= 4 is 30.0 Å². The van der Waals surface area contributed by atoms with Crippen LogP contribution in [0.4, 0.5) is 5.69 Å². The van der Waals surface area contributed by atoms with E-state index in [-0.39, 0.29) is 11.9 Å². The molecule has 7 N–H and O–H groups in total. The molecule has 0 aromatic heterocycles. The van der Waals surface area contributed by atoms with Crippen LogP contribution >= 0.6 is 0 Å². The molecule has 2 amide bonds. The summed E-state index contributed by atoms with van der Waals surface area (Å²) in [5.41, 5.74) is 13.5. The Morgan fingerprint density at radius 1 is 1.09 bits per heavy atom. The maximum absolute atomic E-state index is 12.0. The molecule has 1 fully saturated rings. The molecule has 1 saturated carbocycles.